The molecule has 0 N–H and O–H groups in total. The van der Waals surface area contributed by atoms with Crippen LogP contribution in [0.1, 0.15) is 41.0 Å². The maximum absolute atomic E-state index is 14.1. The van der Waals surface area contributed by atoms with Gasteiger partial charge in [-0.25, -0.2) is 26.9 Å². The lowest BCUT2D eigenvalue weighted by Gasteiger charge is -2.43. The largest absolute Gasteiger partial charge is 0.291 e. The Kier molecular flexibility index (Phi) is 5.79. The van der Waals surface area contributed by atoms with E-state index in [0.717, 1.165) is 23.0 Å². The Morgan fingerprint density at radius 1 is 0.974 bits per heavy atom. The van der Waals surface area contributed by atoms with Crippen LogP contribution in [-0.2, 0) is 16.3 Å². The lowest BCUT2D eigenvalue weighted by atomic mass is 9.61. The predicted molar refractivity (Wildman–Crippen MR) is 135 cm³/mol. The minimum atomic E-state index is -3.82. The number of pyridine rings is 2. The Morgan fingerprint density at radius 3 is 2.47 bits per heavy atom. The van der Waals surface area contributed by atoms with Gasteiger partial charge in [0.25, 0.3) is 0 Å². The van der Waals surface area contributed by atoms with E-state index in [-0.39, 0.29) is 35.2 Å². The highest BCUT2D eigenvalue weighted by molar-refractivity contribution is 7.92. The lowest BCUT2D eigenvalue weighted by molar-refractivity contribution is 0.0796. The SMILES string of the molecule is O=C(c1ccc(F)cn1)[C@]12Cc3cnn(-c4ccc(F)cc4)c3C=C1CC[C@H](S(=O)(=O)c1ccccn1)C2. The van der Waals surface area contributed by atoms with Crippen molar-refractivity contribution >= 4 is 21.7 Å². The molecule has 2 aliphatic carbocycles. The van der Waals surface area contributed by atoms with Crippen molar-refractivity contribution in [3.05, 3.63) is 107 Å². The van der Waals surface area contributed by atoms with E-state index in [2.05, 4.69) is 15.1 Å². The molecule has 3 aromatic heterocycles. The van der Waals surface area contributed by atoms with Crippen molar-refractivity contribution in [2.75, 3.05) is 0 Å². The van der Waals surface area contributed by atoms with Gasteiger partial charge in [-0.2, -0.15) is 5.10 Å². The van der Waals surface area contributed by atoms with Gasteiger partial charge in [0.2, 0.25) is 0 Å². The first-order chi connectivity index (χ1) is 18.3. The molecule has 0 saturated heterocycles. The van der Waals surface area contributed by atoms with Crippen molar-refractivity contribution < 1.29 is 22.0 Å². The van der Waals surface area contributed by atoms with E-state index >= 15 is 0 Å². The van der Waals surface area contributed by atoms with Crippen molar-refractivity contribution in [3.63, 3.8) is 0 Å². The summed E-state index contributed by atoms with van der Waals surface area (Å²) < 4.78 is 55.9. The van der Waals surface area contributed by atoms with Gasteiger partial charge in [-0.3, -0.25) is 9.78 Å². The Bertz CT molecular complexity index is 1670. The van der Waals surface area contributed by atoms with Crippen LogP contribution in [0.15, 0.2) is 83.8 Å². The van der Waals surface area contributed by atoms with Crippen molar-refractivity contribution in [3.8, 4) is 5.69 Å². The minimum Gasteiger partial charge on any atom is -0.291 e. The van der Waals surface area contributed by atoms with Crippen LogP contribution in [0.4, 0.5) is 8.78 Å². The molecule has 2 aliphatic rings. The van der Waals surface area contributed by atoms with Gasteiger partial charge in [-0.15, -0.1) is 0 Å². The molecular formula is C28H22F2N4O3S. The zero-order chi connectivity index (χ0) is 26.5. The van der Waals surface area contributed by atoms with E-state index in [1.165, 1.54) is 36.5 Å². The number of hydrogen-bond donors (Lipinski definition) is 0. The minimum absolute atomic E-state index is 0.0273. The zero-order valence-corrected chi connectivity index (χ0v) is 20.9. The molecule has 0 unspecified atom stereocenters. The Labute approximate surface area is 217 Å². The summed E-state index contributed by atoms with van der Waals surface area (Å²) in [6.07, 6.45) is 6.88. The zero-order valence-electron chi connectivity index (χ0n) is 20.1. The van der Waals surface area contributed by atoms with Crippen LogP contribution < -0.4 is 0 Å². The Morgan fingerprint density at radius 2 is 1.76 bits per heavy atom. The number of nitrogens with zero attached hydrogens (tertiary/aromatic N) is 4. The molecule has 1 saturated carbocycles. The topological polar surface area (TPSA) is 94.8 Å². The number of carbonyl (C=O) groups is 1. The predicted octanol–water partition coefficient (Wildman–Crippen LogP) is 4.78. The van der Waals surface area contributed by atoms with Gasteiger partial charge in [0.1, 0.15) is 17.3 Å². The molecule has 0 aliphatic heterocycles. The second-order valence-electron chi connectivity index (χ2n) is 9.64. The first kappa shape index (κ1) is 24.3. The summed E-state index contributed by atoms with van der Waals surface area (Å²) in [5, 5.41) is 3.62. The highest BCUT2D eigenvalue weighted by Gasteiger charge is 2.52. The van der Waals surface area contributed by atoms with E-state index in [1.807, 2.05) is 6.08 Å². The Balaban J connectivity index is 1.46. The molecule has 0 radical (unpaired) electrons. The van der Waals surface area contributed by atoms with Crippen molar-refractivity contribution in [2.24, 2.45) is 5.41 Å². The van der Waals surface area contributed by atoms with Gasteiger partial charge >= 0.3 is 0 Å². The number of allylic oxidation sites excluding steroid dienone is 1. The van der Waals surface area contributed by atoms with Crippen LogP contribution in [0.25, 0.3) is 11.8 Å². The average molecular weight is 533 g/mol. The quantitative estimate of drug-likeness (QED) is 0.344. The smallest absolute Gasteiger partial charge is 0.198 e. The molecule has 192 valence electrons. The van der Waals surface area contributed by atoms with E-state index < -0.39 is 26.3 Å². The highest BCUT2D eigenvalue weighted by atomic mass is 32.2. The molecule has 2 atom stereocenters. The number of hydrogen-bond acceptors (Lipinski definition) is 6. The number of benzene rings is 1. The van der Waals surface area contributed by atoms with Crippen LogP contribution >= 0.6 is 0 Å². The van der Waals surface area contributed by atoms with Gasteiger partial charge < -0.3 is 0 Å². The van der Waals surface area contributed by atoms with Gasteiger partial charge in [0.05, 0.1) is 34.4 Å². The number of aromatic nitrogens is 4. The average Bonchev–Trinajstić information content (AvgIpc) is 3.34. The maximum Gasteiger partial charge on any atom is 0.198 e. The fourth-order valence-electron chi connectivity index (χ4n) is 5.56. The first-order valence-electron chi connectivity index (χ1n) is 12.1. The molecule has 38 heavy (non-hydrogen) atoms. The third-order valence-electron chi connectivity index (χ3n) is 7.45. The third-order valence-corrected chi connectivity index (χ3v) is 9.55. The molecule has 0 spiro atoms. The second kappa shape index (κ2) is 9.05. The molecule has 7 nitrogen and oxygen atoms in total. The van der Waals surface area contributed by atoms with E-state index in [0.29, 0.717) is 18.5 Å². The summed E-state index contributed by atoms with van der Waals surface area (Å²) >= 11 is 0. The summed E-state index contributed by atoms with van der Waals surface area (Å²) in [6.45, 7) is 0. The normalized spacial score (nSPS) is 20.8. The molecule has 10 heteroatoms. The molecule has 1 fully saturated rings. The number of sulfone groups is 1. The standard InChI is InChI=1S/C28H22F2N4O3S/c29-20-5-8-22(9-6-20)34-25-13-19-4-10-23(38(36,37)26-3-1-2-12-31-26)15-28(19,14-18(25)16-33-34)27(35)24-11-7-21(30)17-32-24/h1-3,5-9,11-13,16-17,23H,4,10,14-15H2/t23-,28-/m0/s1. The van der Waals surface area contributed by atoms with Gasteiger partial charge in [-0.1, -0.05) is 11.6 Å². The molecule has 6 rings (SSSR count). The van der Waals surface area contributed by atoms with E-state index in [9.17, 15) is 22.0 Å². The highest BCUT2D eigenvalue weighted by Crippen LogP contribution is 2.51. The monoisotopic (exact) mass is 532 g/mol. The molecule has 0 bridgehead atoms. The molecule has 0 amide bonds. The van der Waals surface area contributed by atoms with E-state index in [4.69, 9.17) is 0 Å². The number of carbonyl (C=O) groups excluding carboxylic acids is 1. The van der Waals surface area contributed by atoms with Crippen molar-refractivity contribution in [2.45, 2.75) is 36.0 Å². The number of halogens is 2. The summed E-state index contributed by atoms with van der Waals surface area (Å²) in [4.78, 5) is 22.2. The molecule has 1 aromatic carbocycles. The van der Waals surface area contributed by atoms with Gasteiger partial charge in [0.15, 0.2) is 20.6 Å². The van der Waals surface area contributed by atoms with Crippen LogP contribution in [0.3, 0.4) is 0 Å². The molecule has 3 heterocycles. The van der Waals surface area contributed by atoms with Crippen LogP contribution in [-0.4, -0.2) is 39.2 Å². The third kappa shape index (κ3) is 3.96. The fraction of sp³-hybridized carbons (Fsp3) is 0.214. The van der Waals surface area contributed by atoms with Crippen molar-refractivity contribution in [1.29, 1.82) is 0 Å². The summed E-state index contributed by atoms with van der Waals surface area (Å²) in [5.74, 6) is -1.29. The lowest BCUT2D eigenvalue weighted by Crippen LogP contribution is -2.46. The van der Waals surface area contributed by atoms with Gasteiger partial charge in [-0.05, 0) is 85.9 Å². The van der Waals surface area contributed by atoms with E-state index in [1.54, 1.807) is 35.1 Å². The number of fused-ring (bicyclic) bond motifs is 2. The number of ketones is 1. The first-order valence-corrected chi connectivity index (χ1v) is 13.7. The number of rotatable bonds is 5. The Hall–Kier alpha value is -4.05. The van der Waals surface area contributed by atoms with Crippen LogP contribution in [0.2, 0.25) is 0 Å². The molecule has 4 aromatic rings. The van der Waals surface area contributed by atoms with Gasteiger partial charge in [0, 0.05) is 6.20 Å². The second-order valence-corrected chi connectivity index (χ2v) is 11.8. The maximum atomic E-state index is 14.1. The fourth-order valence-corrected chi connectivity index (χ4v) is 7.31. The van der Waals surface area contributed by atoms with Crippen molar-refractivity contribution in [1.82, 2.24) is 19.7 Å². The number of Topliss-reactive ketones (excluding diaryl/α,β-unsaturated/α-hetero) is 1. The molecular weight excluding hydrogens is 510 g/mol. The summed E-state index contributed by atoms with van der Waals surface area (Å²) in [7, 11) is -3.82. The summed E-state index contributed by atoms with van der Waals surface area (Å²) in [5.41, 5.74) is 1.83. The van der Waals surface area contributed by atoms with Crippen LogP contribution in [0, 0.1) is 17.0 Å². The summed E-state index contributed by atoms with van der Waals surface area (Å²) in [6, 6.07) is 13.2. The van der Waals surface area contributed by atoms with Crippen LogP contribution in [0.5, 0.6) is 0 Å².